The number of hydrogen-bond donors (Lipinski definition) is 1. The van der Waals surface area contributed by atoms with Gasteiger partial charge in [0.1, 0.15) is 5.75 Å². The van der Waals surface area contributed by atoms with Gasteiger partial charge in [0.2, 0.25) is 5.91 Å². The summed E-state index contributed by atoms with van der Waals surface area (Å²) in [4.78, 5) is 14.2. The molecule has 0 bridgehead atoms. The summed E-state index contributed by atoms with van der Waals surface area (Å²) in [5.74, 6) is 0.684. The van der Waals surface area contributed by atoms with Crippen LogP contribution in [0.2, 0.25) is 0 Å². The zero-order valence-corrected chi connectivity index (χ0v) is 10.3. The molecule has 1 aliphatic heterocycles. The predicted molar refractivity (Wildman–Crippen MR) is 69.1 cm³/mol. The maximum absolute atomic E-state index is 12.3. The number of phenolic OH excluding ortho intramolecular Hbond substituents is 1. The van der Waals surface area contributed by atoms with Crippen LogP contribution < -0.4 is 0 Å². The average Bonchev–Trinajstić information content (AvgIpc) is 2.90. The number of nitrogens with zero attached hydrogens (tertiary/aromatic N) is 1. The number of carbonyl (C=O) groups is 1. The molecule has 1 N–H and O–H groups in total. The van der Waals surface area contributed by atoms with Crippen molar-refractivity contribution in [2.75, 3.05) is 6.54 Å². The molecule has 0 radical (unpaired) electrons. The Balaban J connectivity index is 1.75. The fourth-order valence-electron chi connectivity index (χ4n) is 2.81. The highest BCUT2D eigenvalue weighted by Gasteiger charge is 2.27. The van der Waals surface area contributed by atoms with E-state index in [1.807, 2.05) is 11.0 Å². The number of fused-ring (bicyclic) bond motifs is 1. The van der Waals surface area contributed by atoms with Gasteiger partial charge in [-0.15, -0.1) is 0 Å². The molecule has 1 aromatic rings. The van der Waals surface area contributed by atoms with E-state index >= 15 is 0 Å². The lowest BCUT2D eigenvalue weighted by Crippen LogP contribution is -2.39. The number of carbonyl (C=O) groups excluding carboxylic acids is 1. The van der Waals surface area contributed by atoms with E-state index in [0.29, 0.717) is 6.54 Å². The monoisotopic (exact) mass is 243 g/mol. The molecule has 0 unspecified atom stereocenters. The SMILES string of the molecule is O=C(C1CC=CC1)N1CCc2ccc(O)cc2C1. The summed E-state index contributed by atoms with van der Waals surface area (Å²) in [5.41, 5.74) is 2.34. The van der Waals surface area contributed by atoms with E-state index in [4.69, 9.17) is 0 Å². The van der Waals surface area contributed by atoms with Crippen molar-refractivity contribution in [2.45, 2.75) is 25.8 Å². The molecular formula is C15H17NO2. The first-order valence-electron chi connectivity index (χ1n) is 6.48. The number of rotatable bonds is 1. The number of hydrogen-bond acceptors (Lipinski definition) is 2. The van der Waals surface area contributed by atoms with Gasteiger partial charge in [0.25, 0.3) is 0 Å². The summed E-state index contributed by atoms with van der Waals surface area (Å²) in [6.45, 7) is 1.44. The number of phenols is 1. The molecule has 0 saturated heterocycles. The molecule has 2 aliphatic rings. The Kier molecular flexibility index (Phi) is 2.82. The highest BCUT2D eigenvalue weighted by molar-refractivity contribution is 5.80. The molecular weight excluding hydrogens is 226 g/mol. The Morgan fingerprint density at radius 1 is 1.22 bits per heavy atom. The maximum atomic E-state index is 12.3. The number of benzene rings is 1. The Morgan fingerprint density at radius 2 is 2.00 bits per heavy atom. The van der Waals surface area contributed by atoms with E-state index in [0.717, 1.165) is 31.4 Å². The van der Waals surface area contributed by atoms with Crippen LogP contribution in [0.5, 0.6) is 5.75 Å². The number of allylic oxidation sites excluding steroid dienone is 2. The highest BCUT2D eigenvalue weighted by atomic mass is 16.3. The van der Waals surface area contributed by atoms with Gasteiger partial charge in [-0.2, -0.15) is 0 Å². The summed E-state index contributed by atoms with van der Waals surface area (Å²) >= 11 is 0. The summed E-state index contributed by atoms with van der Waals surface area (Å²) in [7, 11) is 0. The molecule has 0 spiro atoms. The Bertz CT molecular complexity index is 499. The molecule has 0 atom stereocenters. The third-order valence-electron chi connectivity index (χ3n) is 3.87. The van der Waals surface area contributed by atoms with Crippen LogP contribution in [0.1, 0.15) is 24.0 Å². The lowest BCUT2D eigenvalue weighted by atomic mass is 9.97. The van der Waals surface area contributed by atoms with Crippen molar-refractivity contribution in [3.8, 4) is 5.75 Å². The largest absolute Gasteiger partial charge is 0.508 e. The van der Waals surface area contributed by atoms with Crippen LogP contribution >= 0.6 is 0 Å². The highest BCUT2D eigenvalue weighted by Crippen LogP contribution is 2.26. The molecule has 1 heterocycles. The van der Waals surface area contributed by atoms with Crippen molar-refractivity contribution < 1.29 is 9.90 Å². The standard InChI is InChI=1S/C15H17NO2/c17-14-6-5-11-7-8-16(10-13(11)9-14)15(18)12-3-1-2-4-12/h1-2,5-6,9,12,17H,3-4,7-8,10H2. The first-order valence-corrected chi connectivity index (χ1v) is 6.48. The molecule has 3 rings (SSSR count). The Labute approximate surface area is 107 Å². The second-order valence-corrected chi connectivity index (χ2v) is 5.10. The Morgan fingerprint density at radius 3 is 2.78 bits per heavy atom. The van der Waals surface area contributed by atoms with Gasteiger partial charge in [-0.05, 0) is 42.5 Å². The van der Waals surface area contributed by atoms with E-state index in [1.54, 1.807) is 12.1 Å². The molecule has 0 aromatic heterocycles. The van der Waals surface area contributed by atoms with E-state index in [9.17, 15) is 9.90 Å². The summed E-state index contributed by atoms with van der Waals surface area (Å²) in [6.07, 6.45) is 6.82. The summed E-state index contributed by atoms with van der Waals surface area (Å²) in [6, 6.07) is 5.46. The lowest BCUT2D eigenvalue weighted by Gasteiger charge is -2.31. The van der Waals surface area contributed by atoms with Crippen LogP contribution in [0.4, 0.5) is 0 Å². The molecule has 1 aliphatic carbocycles. The second kappa shape index (κ2) is 4.48. The molecule has 0 fully saturated rings. The van der Waals surface area contributed by atoms with Crippen molar-refractivity contribution in [2.24, 2.45) is 5.92 Å². The van der Waals surface area contributed by atoms with Gasteiger partial charge in [0.15, 0.2) is 0 Å². The molecule has 1 aromatic carbocycles. The van der Waals surface area contributed by atoms with Crippen molar-refractivity contribution in [1.82, 2.24) is 4.90 Å². The van der Waals surface area contributed by atoms with Gasteiger partial charge < -0.3 is 10.0 Å². The van der Waals surface area contributed by atoms with Gasteiger partial charge in [0, 0.05) is 19.0 Å². The minimum absolute atomic E-state index is 0.142. The molecule has 1 amide bonds. The van der Waals surface area contributed by atoms with Gasteiger partial charge in [0.05, 0.1) is 0 Å². The zero-order chi connectivity index (χ0) is 12.5. The van der Waals surface area contributed by atoms with E-state index < -0.39 is 0 Å². The minimum Gasteiger partial charge on any atom is -0.508 e. The zero-order valence-electron chi connectivity index (χ0n) is 10.3. The quantitative estimate of drug-likeness (QED) is 0.768. The fourth-order valence-corrected chi connectivity index (χ4v) is 2.81. The first-order chi connectivity index (χ1) is 8.74. The van der Waals surface area contributed by atoms with E-state index in [-0.39, 0.29) is 17.6 Å². The normalized spacial score (nSPS) is 19.0. The minimum atomic E-state index is 0.142. The summed E-state index contributed by atoms with van der Waals surface area (Å²) in [5, 5.41) is 9.51. The Hall–Kier alpha value is -1.77. The van der Waals surface area contributed by atoms with Crippen molar-refractivity contribution in [3.63, 3.8) is 0 Å². The third-order valence-corrected chi connectivity index (χ3v) is 3.87. The molecule has 18 heavy (non-hydrogen) atoms. The molecule has 0 saturated carbocycles. The first kappa shape index (κ1) is 11.3. The lowest BCUT2D eigenvalue weighted by molar-refractivity contribution is -0.136. The van der Waals surface area contributed by atoms with Crippen LogP contribution in [-0.2, 0) is 17.8 Å². The topological polar surface area (TPSA) is 40.5 Å². The van der Waals surface area contributed by atoms with Gasteiger partial charge in [-0.3, -0.25) is 4.79 Å². The number of amides is 1. The second-order valence-electron chi connectivity index (χ2n) is 5.10. The predicted octanol–water partition coefficient (Wildman–Crippen LogP) is 2.24. The number of aromatic hydroxyl groups is 1. The molecule has 94 valence electrons. The van der Waals surface area contributed by atoms with Crippen LogP contribution in [0, 0.1) is 5.92 Å². The maximum Gasteiger partial charge on any atom is 0.226 e. The smallest absolute Gasteiger partial charge is 0.226 e. The van der Waals surface area contributed by atoms with Crippen molar-refractivity contribution in [1.29, 1.82) is 0 Å². The van der Waals surface area contributed by atoms with Crippen molar-refractivity contribution >= 4 is 5.91 Å². The van der Waals surface area contributed by atoms with Crippen LogP contribution in [0.25, 0.3) is 0 Å². The average molecular weight is 243 g/mol. The van der Waals surface area contributed by atoms with Crippen LogP contribution in [0.3, 0.4) is 0 Å². The van der Waals surface area contributed by atoms with Crippen LogP contribution in [-0.4, -0.2) is 22.5 Å². The molecule has 3 nitrogen and oxygen atoms in total. The van der Waals surface area contributed by atoms with Gasteiger partial charge >= 0.3 is 0 Å². The van der Waals surface area contributed by atoms with Gasteiger partial charge in [-0.1, -0.05) is 18.2 Å². The third kappa shape index (κ3) is 2.01. The van der Waals surface area contributed by atoms with Gasteiger partial charge in [-0.25, -0.2) is 0 Å². The van der Waals surface area contributed by atoms with E-state index in [1.165, 1.54) is 5.56 Å². The molecule has 3 heteroatoms. The van der Waals surface area contributed by atoms with Crippen LogP contribution in [0.15, 0.2) is 30.4 Å². The van der Waals surface area contributed by atoms with Crippen molar-refractivity contribution in [3.05, 3.63) is 41.5 Å². The fraction of sp³-hybridized carbons (Fsp3) is 0.400. The summed E-state index contributed by atoms with van der Waals surface area (Å²) < 4.78 is 0. The van der Waals surface area contributed by atoms with E-state index in [2.05, 4.69) is 12.2 Å².